The van der Waals surface area contributed by atoms with Gasteiger partial charge in [-0.3, -0.25) is 0 Å². The molecule has 0 aliphatic heterocycles. The number of aryl methyl sites for hydroxylation is 1. The molecule has 0 heterocycles. The molecule has 152 valence electrons. The number of allylic oxidation sites excluding steroid dienone is 2. The molecule has 2 aromatic rings. The summed E-state index contributed by atoms with van der Waals surface area (Å²) in [7, 11) is 0. The van der Waals surface area contributed by atoms with Gasteiger partial charge in [-0.2, -0.15) is 0 Å². The van der Waals surface area contributed by atoms with Gasteiger partial charge < -0.3 is 0 Å². The van der Waals surface area contributed by atoms with Crippen molar-refractivity contribution >= 4 is 5.57 Å². The normalized spacial score (nSPS) is 16.1. The summed E-state index contributed by atoms with van der Waals surface area (Å²) in [6, 6.07) is 17.5. The van der Waals surface area contributed by atoms with Gasteiger partial charge in [0.2, 0.25) is 0 Å². The zero-order chi connectivity index (χ0) is 20.3. The van der Waals surface area contributed by atoms with Crippen molar-refractivity contribution in [3.05, 3.63) is 76.9 Å². The van der Waals surface area contributed by atoms with E-state index < -0.39 is 0 Å². The molecule has 0 saturated carbocycles. The van der Waals surface area contributed by atoms with Gasteiger partial charge in [-0.1, -0.05) is 94.6 Å². The molecule has 0 saturated heterocycles. The molecule has 0 nitrogen and oxygen atoms in total. The Labute approximate surface area is 178 Å². The maximum atomic E-state index is 3.31. The smallest absolute Gasteiger partial charge is 0.0249 e. The van der Waals surface area contributed by atoms with Gasteiger partial charge in [-0.15, -0.1) is 0 Å². The molecule has 0 heteroatoms. The third kappa shape index (κ3) is 6.93. The molecule has 1 aliphatic rings. The molecule has 1 unspecified atom stereocenters. The summed E-state index contributed by atoms with van der Waals surface area (Å²) < 4.78 is 0. The van der Waals surface area contributed by atoms with Gasteiger partial charge in [0.05, 0.1) is 0 Å². The lowest BCUT2D eigenvalue weighted by atomic mass is 9.84. The lowest BCUT2D eigenvalue weighted by molar-refractivity contribution is 0.425. The Morgan fingerprint density at radius 2 is 1.48 bits per heavy atom. The van der Waals surface area contributed by atoms with Crippen LogP contribution in [0.5, 0.6) is 0 Å². The first-order valence-corrected chi connectivity index (χ1v) is 11.7. The second-order valence-electron chi connectivity index (χ2n) is 8.49. The van der Waals surface area contributed by atoms with E-state index in [0.717, 1.165) is 23.5 Å². The highest BCUT2D eigenvalue weighted by molar-refractivity contribution is 5.67. The maximum absolute atomic E-state index is 3.31. The Morgan fingerprint density at radius 3 is 2.07 bits per heavy atom. The summed E-state index contributed by atoms with van der Waals surface area (Å²) in [5.41, 5.74) is 6.49. The molecular formula is C29H36. The highest BCUT2D eigenvalue weighted by Gasteiger charge is 2.15. The van der Waals surface area contributed by atoms with Gasteiger partial charge in [-0.25, -0.2) is 0 Å². The van der Waals surface area contributed by atoms with Crippen LogP contribution in [0.3, 0.4) is 0 Å². The van der Waals surface area contributed by atoms with Crippen molar-refractivity contribution in [2.45, 2.75) is 78.1 Å². The molecule has 1 aliphatic carbocycles. The fraction of sp³-hybridized carbons (Fsp3) is 0.448. The van der Waals surface area contributed by atoms with E-state index in [4.69, 9.17) is 0 Å². The van der Waals surface area contributed by atoms with Crippen molar-refractivity contribution in [1.82, 2.24) is 0 Å². The summed E-state index contributed by atoms with van der Waals surface area (Å²) in [6.07, 6.45) is 15.6. The SMILES string of the molecule is CCCCCCC1CC=C(c2ccc(C#Cc3ccc(CCC)cc3)cc2)CC1. The van der Waals surface area contributed by atoms with Crippen LogP contribution >= 0.6 is 0 Å². The van der Waals surface area contributed by atoms with Crippen LogP contribution in [-0.2, 0) is 6.42 Å². The fourth-order valence-corrected chi connectivity index (χ4v) is 4.23. The quantitative estimate of drug-likeness (QED) is 0.318. The van der Waals surface area contributed by atoms with Crippen molar-refractivity contribution in [3.63, 3.8) is 0 Å². The monoisotopic (exact) mass is 384 g/mol. The lowest BCUT2D eigenvalue weighted by Gasteiger charge is -2.22. The van der Waals surface area contributed by atoms with E-state index in [1.165, 1.54) is 74.5 Å². The molecule has 2 aromatic carbocycles. The van der Waals surface area contributed by atoms with Crippen LogP contribution < -0.4 is 0 Å². The summed E-state index contributed by atoms with van der Waals surface area (Å²) >= 11 is 0. The number of hydrogen-bond acceptors (Lipinski definition) is 0. The molecule has 0 N–H and O–H groups in total. The molecule has 0 radical (unpaired) electrons. The standard InChI is InChI=1S/C29H36/c1-3-5-6-7-9-25-16-20-28(21-17-25)29-22-18-27(19-23-29)15-14-26-12-10-24(8-4-2)11-13-26/h10-13,18-20,22-23,25H,3-9,16-17,21H2,1-2H3. The highest BCUT2D eigenvalue weighted by Crippen LogP contribution is 2.32. The summed E-state index contributed by atoms with van der Waals surface area (Å²) in [5.74, 6) is 7.52. The largest absolute Gasteiger partial charge is 0.0804 e. The molecular weight excluding hydrogens is 348 g/mol. The van der Waals surface area contributed by atoms with Crippen LogP contribution in [0.25, 0.3) is 5.57 Å². The Bertz CT molecular complexity index is 824. The highest BCUT2D eigenvalue weighted by atomic mass is 14.2. The molecule has 0 amide bonds. The average Bonchev–Trinajstić information content (AvgIpc) is 2.77. The molecule has 0 aromatic heterocycles. The molecule has 0 bridgehead atoms. The zero-order valence-corrected chi connectivity index (χ0v) is 18.3. The average molecular weight is 385 g/mol. The van der Waals surface area contributed by atoms with Crippen molar-refractivity contribution < 1.29 is 0 Å². The topological polar surface area (TPSA) is 0 Å². The number of unbranched alkanes of at least 4 members (excludes halogenated alkanes) is 3. The summed E-state index contributed by atoms with van der Waals surface area (Å²) in [6.45, 7) is 4.50. The van der Waals surface area contributed by atoms with Gasteiger partial charge in [0.25, 0.3) is 0 Å². The van der Waals surface area contributed by atoms with Crippen molar-refractivity contribution in [2.24, 2.45) is 5.92 Å². The predicted octanol–water partition coefficient (Wildman–Crippen LogP) is 8.19. The van der Waals surface area contributed by atoms with E-state index in [0.29, 0.717) is 0 Å². The van der Waals surface area contributed by atoms with E-state index in [1.54, 1.807) is 0 Å². The third-order valence-corrected chi connectivity index (χ3v) is 6.08. The van der Waals surface area contributed by atoms with Crippen LogP contribution in [0.15, 0.2) is 54.6 Å². The summed E-state index contributed by atoms with van der Waals surface area (Å²) in [5, 5.41) is 0. The van der Waals surface area contributed by atoms with Crippen LogP contribution in [0.4, 0.5) is 0 Å². The van der Waals surface area contributed by atoms with Gasteiger partial charge in [0.15, 0.2) is 0 Å². The summed E-state index contributed by atoms with van der Waals surface area (Å²) in [4.78, 5) is 0. The maximum Gasteiger partial charge on any atom is 0.0249 e. The molecule has 3 rings (SSSR count). The fourth-order valence-electron chi connectivity index (χ4n) is 4.23. The lowest BCUT2D eigenvalue weighted by Crippen LogP contribution is -2.05. The van der Waals surface area contributed by atoms with Crippen LogP contribution in [0.1, 0.15) is 93.9 Å². The molecule has 29 heavy (non-hydrogen) atoms. The number of rotatable bonds is 8. The Balaban J connectivity index is 1.53. The number of benzene rings is 2. The van der Waals surface area contributed by atoms with Gasteiger partial charge in [-0.05, 0) is 72.6 Å². The van der Waals surface area contributed by atoms with Crippen LogP contribution in [-0.4, -0.2) is 0 Å². The first-order valence-electron chi connectivity index (χ1n) is 11.7. The second kappa shape index (κ2) is 11.7. The Kier molecular flexibility index (Phi) is 8.63. The third-order valence-electron chi connectivity index (χ3n) is 6.08. The van der Waals surface area contributed by atoms with E-state index in [9.17, 15) is 0 Å². The van der Waals surface area contributed by atoms with Crippen LogP contribution in [0, 0.1) is 17.8 Å². The van der Waals surface area contributed by atoms with Gasteiger partial charge in [0.1, 0.15) is 0 Å². The first kappa shape index (κ1) is 21.4. The minimum atomic E-state index is 0.907. The van der Waals surface area contributed by atoms with Gasteiger partial charge in [0, 0.05) is 11.1 Å². The minimum absolute atomic E-state index is 0.907. The second-order valence-corrected chi connectivity index (χ2v) is 8.49. The van der Waals surface area contributed by atoms with E-state index >= 15 is 0 Å². The molecule has 0 spiro atoms. The zero-order valence-electron chi connectivity index (χ0n) is 18.3. The first-order chi connectivity index (χ1) is 14.3. The predicted molar refractivity (Wildman–Crippen MR) is 127 cm³/mol. The van der Waals surface area contributed by atoms with Crippen molar-refractivity contribution in [2.75, 3.05) is 0 Å². The van der Waals surface area contributed by atoms with E-state index in [2.05, 4.69) is 80.3 Å². The van der Waals surface area contributed by atoms with Crippen molar-refractivity contribution in [3.8, 4) is 11.8 Å². The van der Waals surface area contributed by atoms with Crippen molar-refractivity contribution in [1.29, 1.82) is 0 Å². The van der Waals surface area contributed by atoms with E-state index in [-0.39, 0.29) is 0 Å². The van der Waals surface area contributed by atoms with E-state index in [1.807, 2.05) is 0 Å². The van der Waals surface area contributed by atoms with Gasteiger partial charge >= 0.3 is 0 Å². The minimum Gasteiger partial charge on any atom is -0.0804 e. The molecule has 0 fully saturated rings. The van der Waals surface area contributed by atoms with Crippen LogP contribution in [0.2, 0.25) is 0 Å². The Morgan fingerprint density at radius 1 is 0.793 bits per heavy atom. The molecule has 1 atom stereocenters. The number of hydrogen-bond donors (Lipinski definition) is 0. The Hall–Kier alpha value is -2.26.